The average Bonchev–Trinajstić information content (AvgIpc) is 3.19. The van der Waals surface area contributed by atoms with Crippen LogP contribution in [0.25, 0.3) is 27.3 Å². The molecule has 0 radical (unpaired) electrons. The molecule has 0 amide bonds. The van der Waals surface area contributed by atoms with Crippen LogP contribution in [0.2, 0.25) is 0 Å². The van der Waals surface area contributed by atoms with Crippen molar-refractivity contribution in [3.8, 4) is 22.5 Å². The van der Waals surface area contributed by atoms with Crippen molar-refractivity contribution in [3.05, 3.63) is 41.9 Å². The second-order valence-corrected chi connectivity index (χ2v) is 9.04. The van der Waals surface area contributed by atoms with Crippen molar-refractivity contribution in [3.63, 3.8) is 0 Å². The van der Waals surface area contributed by atoms with E-state index in [1.54, 1.807) is 24.5 Å². The van der Waals surface area contributed by atoms with Crippen LogP contribution in [-0.2, 0) is 11.0 Å². The molecule has 31 heavy (non-hydrogen) atoms. The molecule has 0 saturated heterocycles. The minimum absolute atomic E-state index is 0.155. The van der Waals surface area contributed by atoms with E-state index in [1.165, 1.54) is 17.1 Å². The summed E-state index contributed by atoms with van der Waals surface area (Å²) < 4.78 is 43.2. The van der Waals surface area contributed by atoms with Gasteiger partial charge in [-0.25, -0.2) is 22.4 Å². The van der Waals surface area contributed by atoms with E-state index in [9.17, 15) is 18.3 Å². The molecule has 0 aliphatic heterocycles. The molecule has 0 bridgehead atoms. The fourth-order valence-electron chi connectivity index (χ4n) is 3.01. The molecule has 9 nitrogen and oxygen atoms in total. The van der Waals surface area contributed by atoms with Gasteiger partial charge in [0, 0.05) is 23.3 Å². The maximum Gasteiger partial charge on any atom is 0.291 e. The molecule has 5 rings (SSSR count). The third kappa shape index (κ3) is 3.58. The normalized spacial score (nSPS) is 15.8. The van der Waals surface area contributed by atoms with Gasteiger partial charge in [-0.2, -0.15) is 10.4 Å². The van der Waals surface area contributed by atoms with Crippen LogP contribution >= 0.6 is 11.3 Å². The number of hydrogen-bond acceptors (Lipinski definition) is 8. The lowest BCUT2D eigenvalue weighted by molar-refractivity contribution is 0.150. The van der Waals surface area contributed by atoms with Crippen molar-refractivity contribution in [1.29, 1.82) is 5.26 Å². The summed E-state index contributed by atoms with van der Waals surface area (Å²) in [5.74, 6) is 0. The lowest BCUT2D eigenvalue weighted by Gasteiger charge is -2.11. The van der Waals surface area contributed by atoms with Crippen LogP contribution in [0.1, 0.15) is 24.3 Å². The van der Waals surface area contributed by atoms with E-state index in [-0.39, 0.29) is 5.13 Å². The van der Waals surface area contributed by atoms with E-state index in [0.29, 0.717) is 39.9 Å². The number of nitrogens with zero attached hydrogens (tertiary/aromatic N) is 7. The smallest absolute Gasteiger partial charge is 0.261 e. The Bertz CT molecular complexity index is 1340. The Morgan fingerprint density at radius 1 is 1.26 bits per heavy atom. The third-order valence-corrected chi connectivity index (χ3v) is 6.91. The fourth-order valence-corrected chi connectivity index (χ4v) is 4.85. The van der Waals surface area contributed by atoms with Crippen molar-refractivity contribution in [2.45, 2.75) is 29.7 Å². The summed E-state index contributed by atoms with van der Waals surface area (Å²) >= 11 is 0.719. The molecule has 13 heteroatoms. The van der Waals surface area contributed by atoms with Crippen molar-refractivity contribution in [2.75, 3.05) is 0 Å². The van der Waals surface area contributed by atoms with E-state index >= 15 is 0 Å². The maximum absolute atomic E-state index is 13.0. The predicted molar refractivity (Wildman–Crippen MR) is 108 cm³/mol. The molecule has 3 heterocycles. The van der Waals surface area contributed by atoms with Gasteiger partial charge in [-0.3, -0.25) is 9.97 Å². The highest BCUT2D eigenvalue weighted by atomic mass is 32.2. The molecular formula is C18H12F2N8OS2. The van der Waals surface area contributed by atoms with Crippen LogP contribution in [0.15, 0.2) is 41.8 Å². The lowest BCUT2D eigenvalue weighted by Crippen LogP contribution is -2.31. The van der Waals surface area contributed by atoms with Gasteiger partial charge in [0.1, 0.15) is 16.5 Å². The van der Waals surface area contributed by atoms with Gasteiger partial charge in [0.15, 0.2) is 5.01 Å². The molecular weight excluding hydrogens is 446 g/mol. The molecule has 1 aliphatic carbocycles. The minimum Gasteiger partial charge on any atom is -0.261 e. The summed E-state index contributed by atoms with van der Waals surface area (Å²) in [5.41, 5.74) is 0.838. The lowest BCUT2D eigenvalue weighted by atomic mass is 10.1. The van der Waals surface area contributed by atoms with Crippen LogP contribution in [0.4, 0.5) is 8.78 Å². The van der Waals surface area contributed by atoms with Gasteiger partial charge in [-0.15, -0.1) is 10.2 Å². The largest absolute Gasteiger partial charge is 0.291 e. The topological polar surface area (TPSA) is 122 Å². The van der Waals surface area contributed by atoms with Crippen molar-refractivity contribution in [2.24, 2.45) is 0 Å². The molecule has 4 aromatic rings. The summed E-state index contributed by atoms with van der Waals surface area (Å²) in [7, 11) is -1.70. The molecule has 1 atom stereocenters. The fraction of sp³-hybridized carbons (Fsp3) is 0.222. The number of nitriles is 1. The van der Waals surface area contributed by atoms with Crippen LogP contribution in [0.5, 0.6) is 0 Å². The first-order chi connectivity index (χ1) is 15.0. The van der Waals surface area contributed by atoms with E-state index in [0.717, 1.165) is 11.3 Å². The van der Waals surface area contributed by atoms with E-state index in [2.05, 4.69) is 36.1 Å². The number of halogens is 2. The number of fused-ring (bicyclic) bond motifs is 1. The van der Waals surface area contributed by atoms with Crippen LogP contribution in [-0.4, -0.2) is 39.7 Å². The number of alkyl halides is 2. The molecule has 156 valence electrons. The zero-order valence-corrected chi connectivity index (χ0v) is 17.2. The van der Waals surface area contributed by atoms with E-state index in [1.807, 2.05) is 0 Å². The maximum atomic E-state index is 13.0. The monoisotopic (exact) mass is 458 g/mol. The molecule has 1 aromatic carbocycles. The summed E-state index contributed by atoms with van der Waals surface area (Å²) in [4.78, 5) is 8.79. The minimum atomic E-state index is -2.74. The van der Waals surface area contributed by atoms with E-state index in [4.69, 9.17) is 0 Å². The van der Waals surface area contributed by atoms with Crippen molar-refractivity contribution >= 4 is 33.2 Å². The van der Waals surface area contributed by atoms with E-state index < -0.39 is 28.0 Å². The first-order valence-corrected chi connectivity index (χ1v) is 11.0. The summed E-state index contributed by atoms with van der Waals surface area (Å²) in [6.07, 6.45) is 4.68. The third-order valence-electron chi connectivity index (χ3n) is 4.77. The Morgan fingerprint density at radius 2 is 2.10 bits per heavy atom. The van der Waals surface area contributed by atoms with Crippen LogP contribution < -0.4 is 4.72 Å². The molecule has 1 saturated carbocycles. The Balaban J connectivity index is 1.67. The molecule has 1 fully saturated rings. The molecule has 3 aromatic heterocycles. The van der Waals surface area contributed by atoms with Crippen LogP contribution in [0, 0.1) is 11.3 Å². The van der Waals surface area contributed by atoms with Gasteiger partial charge in [0.05, 0.1) is 34.6 Å². The predicted octanol–water partition coefficient (Wildman–Crippen LogP) is 2.94. The van der Waals surface area contributed by atoms with Gasteiger partial charge in [0.25, 0.3) is 6.43 Å². The molecule has 1 unspecified atom stereocenters. The second-order valence-electron chi connectivity index (χ2n) is 6.84. The second kappa shape index (κ2) is 7.49. The number of nitrogens with one attached hydrogen (secondary N) is 1. The Hall–Kier alpha value is -3.21. The van der Waals surface area contributed by atoms with Gasteiger partial charge in [0.2, 0.25) is 5.13 Å². The zero-order chi connectivity index (χ0) is 21.6. The Morgan fingerprint density at radius 3 is 2.74 bits per heavy atom. The SMILES string of the molecule is N#CC1(NS(=O)c2cc(-c3cnccn3)c3cnn(-c4nnc(C(F)F)s4)c3c2)CC1. The molecule has 0 spiro atoms. The van der Waals surface area contributed by atoms with Gasteiger partial charge in [-0.05, 0) is 25.0 Å². The number of hydrogen-bond donors (Lipinski definition) is 1. The average molecular weight is 458 g/mol. The van der Waals surface area contributed by atoms with Gasteiger partial charge >= 0.3 is 0 Å². The molecule has 1 aliphatic rings. The van der Waals surface area contributed by atoms with Crippen molar-refractivity contribution < 1.29 is 13.0 Å². The highest BCUT2D eigenvalue weighted by molar-refractivity contribution is 7.83. The van der Waals surface area contributed by atoms with Gasteiger partial charge in [-0.1, -0.05) is 11.3 Å². The highest BCUT2D eigenvalue weighted by Gasteiger charge is 2.44. The number of rotatable bonds is 6. The number of benzene rings is 1. The van der Waals surface area contributed by atoms with Crippen LogP contribution in [0.3, 0.4) is 0 Å². The van der Waals surface area contributed by atoms with Gasteiger partial charge < -0.3 is 0 Å². The summed E-state index contributed by atoms with van der Waals surface area (Å²) in [6, 6.07) is 5.47. The Labute approximate surface area is 180 Å². The highest BCUT2D eigenvalue weighted by Crippen LogP contribution is 2.37. The zero-order valence-electron chi connectivity index (χ0n) is 15.6. The summed E-state index contributed by atoms with van der Waals surface area (Å²) in [5, 5.41) is 21.3. The van der Waals surface area contributed by atoms with Crippen molar-refractivity contribution in [1.82, 2.24) is 34.7 Å². The Kier molecular flexibility index (Phi) is 4.77. The standard InChI is InChI=1S/C18H12F2N8OS2/c19-15(20)16-25-26-17(30-16)28-14-6-10(31(29)27-18(9-21)1-2-18)5-11(12(14)7-24-28)13-8-22-3-4-23-13/h3-8,15,27H,1-2H2. The summed E-state index contributed by atoms with van der Waals surface area (Å²) in [6.45, 7) is 0. The molecule has 1 N–H and O–H groups in total. The first kappa shape index (κ1) is 19.7. The number of aromatic nitrogens is 6. The quantitative estimate of drug-likeness (QED) is 0.471. The first-order valence-electron chi connectivity index (χ1n) is 9.01.